The van der Waals surface area contributed by atoms with Gasteiger partial charge in [-0.15, -0.1) is 11.3 Å². The first-order chi connectivity index (χ1) is 9.58. The number of hydrogen-bond donors (Lipinski definition) is 1. The van der Waals surface area contributed by atoms with Crippen molar-refractivity contribution in [2.24, 2.45) is 0 Å². The Balaban J connectivity index is 2.44. The van der Waals surface area contributed by atoms with Crippen LogP contribution in [0.5, 0.6) is 0 Å². The van der Waals surface area contributed by atoms with Crippen molar-refractivity contribution >= 4 is 11.3 Å². The first-order valence-corrected chi connectivity index (χ1v) is 7.74. The van der Waals surface area contributed by atoms with Crippen molar-refractivity contribution in [3.8, 4) is 11.3 Å². The second-order valence-electron chi connectivity index (χ2n) is 5.13. The summed E-state index contributed by atoms with van der Waals surface area (Å²) in [5.74, 6) is 0. The van der Waals surface area contributed by atoms with E-state index in [9.17, 15) is 0 Å². The molecule has 1 heterocycles. The molecule has 0 aliphatic rings. The van der Waals surface area contributed by atoms with E-state index in [0.29, 0.717) is 6.61 Å². The van der Waals surface area contributed by atoms with Crippen LogP contribution < -0.4 is 5.32 Å². The highest BCUT2D eigenvalue weighted by molar-refractivity contribution is 7.12. The third-order valence-electron chi connectivity index (χ3n) is 3.10. The van der Waals surface area contributed by atoms with Crippen molar-refractivity contribution in [3.05, 3.63) is 40.2 Å². The van der Waals surface area contributed by atoms with Gasteiger partial charge in [0, 0.05) is 23.6 Å². The number of aromatic nitrogens is 1. The van der Waals surface area contributed by atoms with E-state index in [2.05, 4.69) is 31.3 Å². The standard InChI is InChI=1S/C16H22N2OS/c1-5-19-16(2,3)15-18-14(13(20-15)11-17-4)12-9-7-6-8-10-12/h6-10,17H,5,11H2,1-4H3. The average Bonchev–Trinajstić information content (AvgIpc) is 2.85. The molecule has 0 aliphatic carbocycles. The maximum atomic E-state index is 5.83. The Morgan fingerprint density at radius 3 is 2.55 bits per heavy atom. The molecule has 1 aromatic carbocycles. The molecular formula is C16H22N2OS. The summed E-state index contributed by atoms with van der Waals surface area (Å²) in [4.78, 5) is 6.09. The number of thiazole rings is 1. The highest BCUT2D eigenvalue weighted by atomic mass is 32.1. The Hall–Kier alpha value is -1.23. The number of nitrogens with one attached hydrogen (secondary N) is 1. The van der Waals surface area contributed by atoms with Crippen LogP contribution in [0, 0.1) is 0 Å². The minimum Gasteiger partial charge on any atom is -0.369 e. The van der Waals surface area contributed by atoms with E-state index in [0.717, 1.165) is 22.8 Å². The predicted molar refractivity (Wildman–Crippen MR) is 85.0 cm³/mol. The molecule has 2 rings (SSSR count). The topological polar surface area (TPSA) is 34.1 Å². The van der Waals surface area contributed by atoms with Gasteiger partial charge in [-0.2, -0.15) is 0 Å². The van der Waals surface area contributed by atoms with E-state index in [-0.39, 0.29) is 5.60 Å². The fraction of sp³-hybridized carbons (Fsp3) is 0.438. The number of nitrogens with zero attached hydrogens (tertiary/aromatic N) is 1. The number of hydrogen-bond acceptors (Lipinski definition) is 4. The van der Waals surface area contributed by atoms with Gasteiger partial charge >= 0.3 is 0 Å². The smallest absolute Gasteiger partial charge is 0.125 e. The zero-order chi connectivity index (χ0) is 14.6. The SMILES string of the molecule is CCOC(C)(C)c1nc(-c2ccccc2)c(CNC)s1. The van der Waals surface area contributed by atoms with Crippen LogP contribution in [0.3, 0.4) is 0 Å². The molecule has 0 unspecified atom stereocenters. The molecule has 20 heavy (non-hydrogen) atoms. The van der Waals surface area contributed by atoms with Gasteiger partial charge in [-0.25, -0.2) is 4.98 Å². The molecule has 2 aromatic rings. The Morgan fingerprint density at radius 2 is 1.95 bits per heavy atom. The van der Waals surface area contributed by atoms with Gasteiger partial charge < -0.3 is 10.1 Å². The van der Waals surface area contributed by atoms with Gasteiger partial charge in [0.1, 0.15) is 10.6 Å². The minimum absolute atomic E-state index is 0.338. The Labute approximate surface area is 125 Å². The quantitative estimate of drug-likeness (QED) is 0.878. The van der Waals surface area contributed by atoms with Crippen LogP contribution in [-0.2, 0) is 16.9 Å². The summed E-state index contributed by atoms with van der Waals surface area (Å²) >= 11 is 1.73. The molecule has 0 amide bonds. The maximum Gasteiger partial charge on any atom is 0.125 e. The van der Waals surface area contributed by atoms with Gasteiger partial charge in [0.2, 0.25) is 0 Å². The third kappa shape index (κ3) is 3.26. The molecule has 0 saturated carbocycles. The lowest BCUT2D eigenvalue weighted by Gasteiger charge is -2.21. The molecule has 0 fully saturated rings. The molecule has 1 N–H and O–H groups in total. The Morgan fingerprint density at radius 1 is 1.25 bits per heavy atom. The molecule has 0 bridgehead atoms. The number of benzene rings is 1. The maximum absolute atomic E-state index is 5.83. The molecule has 0 radical (unpaired) electrons. The van der Waals surface area contributed by atoms with Crippen molar-refractivity contribution in [1.82, 2.24) is 10.3 Å². The lowest BCUT2D eigenvalue weighted by molar-refractivity contribution is -0.0141. The molecule has 108 valence electrons. The highest BCUT2D eigenvalue weighted by Gasteiger charge is 2.27. The van der Waals surface area contributed by atoms with Crippen LogP contribution in [0.2, 0.25) is 0 Å². The van der Waals surface area contributed by atoms with Crippen molar-refractivity contribution < 1.29 is 4.74 Å². The van der Waals surface area contributed by atoms with E-state index in [1.165, 1.54) is 4.88 Å². The molecule has 0 atom stereocenters. The number of ether oxygens (including phenoxy) is 1. The zero-order valence-electron chi connectivity index (χ0n) is 12.6. The van der Waals surface area contributed by atoms with Crippen molar-refractivity contribution in [1.29, 1.82) is 0 Å². The van der Waals surface area contributed by atoms with Crippen LogP contribution in [0.4, 0.5) is 0 Å². The van der Waals surface area contributed by atoms with Gasteiger partial charge in [-0.1, -0.05) is 30.3 Å². The Kier molecular flexibility index (Phi) is 4.91. The second kappa shape index (κ2) is 6.48. The summed E-state index contributed by atoms with van der Waals surface area (Å²) in [7, 11) is 1.96. The molecule has 3 nitrogen and oxygen atoms in total. The molecular weight excluding hydrogens is 268 g/mol. The van der Waals surface area contributed by atoms with Crippen LogP contribution in [0.1, 0.15) is 30.7 Å². The molecule has 0 aliphatic heterocycles. The van der Waals surface area contributed by atoms with Gasteiger partial charge in [-0.3, -0.25) is 0 Å². The average molecular weight is 290 g/mol. The summed E-state index contributed by atoms with van der Waals surface area (Å²) in [5, 5.41) is 4.25. The van der Waals surface area contributed by atoms with Crippen LogP contribution in [0.15, 0.2) is 30.3 Å². The van der Waals surface area contributed by atoms with Gasteiger partial charge in [0.15, 0.2) is 0 Å². The molecule has 0 saturated heterocycles. The molecule has 0 spiro atoms. The van der Waals surface area contributed by atoms with Gasteiger partial charge in [0.25, 0.3) is 0 Å². The normalized spacial score (nSPS) is 11.8. The van der Waals surface area contributed by atoms with Crippen molar-refractivity contribution in [2.45, 2.75) is 32.9 Å². The molecule has 1 aromatic heterocycles. The highest BCUT2D eigenvalue weighted by Crippen LogP contribution is 2.35. The largest absolute Gasteiger partial charge is 0.369 e. The molecule has 4 heteroatoms. The van der Waals surface area contributed by atoms with Gasteiger partial charge in [0.05, 0.1) is 5.69 Å². The first kappa shape index (κ1) is 15.2. The van der Waals surface area contributed by atoms with E-state index in [1.807, 2.05) is 32.2 Å². The van der Waals surface area contributed by atoms with Crippen LogP contribution >= 0.6 is 11.3 Å². The summed E-state index contributed by atoms with van der Waals surface area (Å²) in [6, 6.07) is 10.3. The van der Waals surface area contributed by atoms with E-state index >= 15 is 0 Å². The van der Waals surface area contributed by atoms with E-state index in [4.69, 9.17) is 9.72 Å². The summed E-state index contributed by atoms with van der Waals surface area (Å²) in [5.41, 5.74) is 1.88. The van der Waals surface area contributed by atoms with Crippen LogP contribution in [0.25, 0.3) is 11.3 Å². The minimum atomic E-state index is -0.338. The number of rotatable bonds is 6. The fourth-order valence-electron chi connectivity index (χ4n) is 2.13. The Bertz CT molecular complexity index is 549. The summed E-state index contributed by atoms with van der Waals surface area (Å²) in [6.45, 7) is 7.68. The van der Waals surface area contributed by atoms with Crippen molar-refractivity contribution in [2.75, 3.05) is 13.7 Å². The lowest BCUT2D eigenvalue weighted by atomic mass is 10.1. The van der Waals surface area contributed by atoms with Crippen LogP contribution in [-0.4, -0.2) is 18.6 Å². The fourth-order valence-corrected chi connectivity index (χ4v) is 3.29. The summed E-state index contributed by atoms with van der Waals surface area (Å²) < 4.78 is 5.83. The predicted octanol–water partition coefficient (Wildman–Crippen LogP) is 3.80. The lowest BCUT2D eigenvalue weighted by Crippen LogP contribution is -2.21. The van der Waals surface area contributed by atoms with Crippen molar-refractivity contribution in [3.63, 3.8) is 0 Å². The van der Waals surface area contributed by atoms with E-state index in [1.54, 1.807) is 11.3 Å². The third-order valence-corrected chi connectivity index (χ3v) is 4.46. The monoisotopic (exact) mass is 290 g/mol. The first-order valence-electron chi connectivity index (χ1n) is 6.92. The van der Waals surface area contributed by atoms with Gasteiger partial charge in [-0.05, 0) is 27.8 Å². The zero-order valence-corrected chi connectivity index (χ0v) is 13.4. The van der Waals surface area contributed by atoms with E-state index < -0.39 is 0 Å². The summed E-state index contributed by atoms with van der Waals surface area (Å²) in [6.07, 6.45) is 0. The second-order valence-corrected chi connectivity index (χ2v) is 6.21.